The van der Waals surface area contributed by atoms with E-state index < -0.39 is 35.2 Å². The van der Waals surface area contributed by atoms with Crippen LogP contribution in [0.5, 0.6) is 5.88 Å². The van der Waals surface area contributed by atoms with Crippen LogP contribution in [-0.4, -0.2) is 61.9 Å². The summed E-state index contributed by atoms with van der Waals surface area (Å²) in [7, 11) is 1.38. The van der Waals surface area contributed by atoms with Crippen LogP contribution in [0.4, 0.5) is 9.18 Å². The predicted octanol–water partition coefficient (Wildman–Crippen LogP) is 5.80. The molecule has 0 bridgehead atoms. The zero-order chi connectivity index (χ0) is 33.8. The molecule has 2 amide bonds. The first-order valence-corrected chi connectivity index (χ1v) is 15.4. The van der Waals surface area contributed by atoms with Crippen LogP contribution in [0.15, 0.2) is 53.3 Å². The van der Waals surface area contributed by atoms with Crippen molar-refractivity contribution in [2.75, 3.05) is 20.2 Å². The summed E-state index contributed by atoms with van der Waals surface area (Å²) in [6.45, 7) is 11.2. The Labute approximate surface area is 272 Å². The number of alkyl carbamates (subject to hydrolysis) is 1. The number of hydrogen-bond acceptors (Lipinski definition) is 7. The highest BCUT2D eigenvalue weighted by Crippen LogP contribution is 2.32. The van der Waals surface area contributed by atoms with Crippen molar-refractivity contribution in [1.29, 1.82) is 0 Å². The number of methoxy groups -OCH3 is 1. The fourth-order valence-electron chi connectivity index (χ4n) is 5.12. The molecule has 4 aromatic rings. The van der Waals surface area contributed by atoms with Crippen molar-refractivity contribution in [3.63, 3.8) is 0 Å². The molecule has 4 rings (SSSR count). The third-order valence-corrected chi connectivity index (χ3v) is 7.48. The lowest BCUT2D eigenvalue weighted by molar-refractivity contribution is 0.0519. The summed E-state index contributed by atoms with van der Waals surface area (Å²) in [6.07, 6.45) is -0.294. The molecule has 2 aromatic carbocycles. The Bertz CT molecular complexity index is 1770. The number of aryl methyl sites for hydroxylation is 1. The van der Waals surface area contributed by atoms with Gasteiger partial charge in [0.05, 0.1) is 25.3 Å². The van der Waals surface area contributed by atoms with Crippen molar-refractivity contribution in [3.8, 4) is 5.88 Å². The third kappa shape index (κ3) is 7.85. The number of hydrogen-bond donors (Lipinski definition) is 1. The normalized spacial score (nSPS) is 12.3. The fraction of sp³-hybridized carbons (Fsp3) is 0.424. The van der Waals surface area contributed by atoms with E-state index in [2.05, 4.69) is 10.4 Å². The van der Waals surface area contributed by atoms with Gasteiger partial charge in [-0.1, -0.05) is 61.8 Å². The highest BCUT2D eigenvalue weighted by molar-refractivity contribution is 6.34. The topological polar surface area (TPSA) is 120 Å². The van der Waals surface area contributed by atoms with Crippen molar-refractivity contribution in [2.45, 2.75) is 66.2 Å². The van der Waals surface area contributed by atoms with E-state index in [0.717, 1.165) is 10.1 Å². The van der Waals surface area contributed by atoms with Crippen LogP contribution in [0.2, 0.25) is 5.02 Å². The largest absolute Gasteiger partial charge is 0.479 e. The molecular formula is C33H40ClFN6O5. The number of benzene rings is 2. The second-order valence-electron chi connectivity index (χ2n) is 12.3. The molecule has 1 unspecified atom stereocenters. The molecule has 1 atom stereocenters. The maximum Gasteiger partial charge on any atom is 0.407 e. The number of ether oxygens (including phenoxy) is 2. The van der Waals surface area contributed by atoms with Gasteiger partial charge in [-0.25, -0.2) is 19.0 Å². The van der Waals surface area contributed by atoms with E-state index in [4.69, 9.17) is 26.1 Å². The minimum atomic E-state index is -0.826. The second kappa shape index (κ2) is 14.3. The van der Waals surface area contributed by atoms with E-state index in [9.17, 15) is 14.4 Å². The average Bonchev–Trinajstić information content (AvgIpc) is 3.30. The van der Waals surface area contributed by atoms with E-state index in [1.54, 1.807) is 33.8 Å². The Hall–Kier alpha value is -4.45. The molecule has 246 valence electrons. The number of aromatic nitrogens is 4. The Morgan fingerprint density at radius 3 is 2.43 bits per heavy atom. The summed E-state index contributed by atoms with van der Waals surface area (Å²) in [5, 5.41) is 6.96. The monoisotopic (exact) mass is 654 g/mol. The summed E-state index contributed by atoms with van der Waals surface area (Å²) < 4.78 is 28.4. The number of carbonyl (C=O) groups is 2. The zero-order valence-corrected chi connectivity index (χ0v) is 27.9. The van der Waals surface area contributed by atoms with Crippen molar-refractivity contribution < 1.29 is 23.5 Å². The lowest BCUT2D eigenvalue weighted by atomic mass is 9.99. The fourth-order valence-corrected chi connectivity index (χ4v) is 5.36. The summed E-state index contributed by atoms with van der Waals surface area (Å²) >= 11 is 6.55. The van der Waals surface area contributed by atoms with Gasteiger partial charge in [0.15, 0.2) is 5.65 Å². The average molecular weight is 655 g/mol. The van der Waals surface area contributed by atoms with E-state index in [-0.39, 0.29) is 53.5 Å². The van der Waals surface area contributed by atoms with Gasteiger partial charge >= 0.3 is 11.8 Å². The SMILES string of the molecule is COc1nn2c(=O)n(Cc3ccccc3)c(C(C(C)C)N(CCCNC(=O)OC(C)(C)C)C(=O)c3ccc(C)cc3F)nc2c1Cl. The minimum Gasteiger partial charge on any atom is -0.479 e. The number of nitrogens with zero attached hydrogens (tertiary/aromatic N) is 5. The maximum atomic E-state index is 15.3. The molecule has 0 radical (unpaired) electrons. The number of rotatable bonds is 11. The highest BCUT2D eigenvalue weighted by atomic mass is 35.5. The van der Waals surface area contributed by atoms with Gasteiger partial charge in [0.1, 0.15) is 22.3 Å². The first-order valence-electron chi connectivity index (χ1n) is 15.0. The van der Waals surface area contributed by atoms with E-state index >= 15 is 4.39 Å². The first kappa shape index (κ1) is 34.4. The van der Waals surface area contributed by atoms with Gasteiger partial charge in [0.25, 0.3) is 11.8 Å². The second-order valence-corrected chi connectivity index (χ2v) is 12.7. The Kier molecular flexibility index (Phi) is 10.7. The predicted molar refractivity (Wildman–Crippen MR) is 173 cm³/mol. The maximum absolute atomic E-state index is 15.3. The molecule has 46 heavy (non-hydrogen) atoms. The number of nitrogens with one attached hydrogen (secondary N) is 1. The van der Waals surface area contributed by atoms with Gasteiger partial charge in [0.2, 0.25) is 0 Å². The standard InChI is InChI=1S/C33H40ClFN6O5/c1-20(2)26(28-37-27-25(34)29(45-7)38-41(27)32(44)40(28)19-22-12-9-8-10-13-22)39(17-11-16-36-31(43)46-33(4,5)6)30(42)23-15-14-21(3)18-24(23)35/h8-10,12-15,18,20,26H,11,16-17,19H2,1-7H3,(H,36,43). The quantitative estimate of drug-likeness (QED) is 0.203. The van der Waals surface area contributed by atoms with Crippen molar-refractivity contribution >= 4 is 29.2 Å². The van der Waals surface area contributed by atoms with Gasteiger partial charge in [0, 0.05) is 13.1 Å². The van der Waals surface area contributed by atoms with Gasteiger partial charge in [-0.3, -0.25) is 9.36 Å². The van der Waals surface area contributed by atoms with E-state index in [1.165, 1.54) is 28.7 Å². The van der Waals surface area contributed by atoms with Crippen molar-refractivity contribution in [2.24, 2.45) is 5.92 Å². The number of fused-ring (bicyclic) bond motifs is 1. The van der Waals surface area contributed by atoms with Crippen LogP contribution < -0.4 is 15.7 Å². The molecule has 2 heterocycles. The van der Waals surface area contributed by atoms with Crippen LogP contribution in [0.3, 0.4) is 0 Å². The van der Waals surface area contributed by atoms with E-state index in [1.807, 2.05) is 44.2 Å². The first-order chi connectivity index (χ1) is 21.7. The number of amides is 2. The molecule has 0 aliphatic heterocycles. The summed E-state index contributed by atoms with van der Waals surface area (Å²) in [6, 6.07) is 12.9. The molecular weight excluding hydrogens is 615 g/mol. The van der Waals surface area contributed by atoms with Crippen molar-refractivity contribution in [3.05, 3.63) is 92.4 Å². The molecule has 0 saturated carbocycles. The lowest BCUT2D eigenvalue weighted by Gasteiger charge is -2.35. The van der Waals surface area contributed by atoms with Crippen LogP contribution in [0.1, 0.15) is 74.4 Å². The third-order valence-electron chi connectivity index (χ3n) is 7.15. The molecule has 13 heteroatoms. The van der Waals surface area contributed by atoms with Crippen LogP contribution >= 0.6 is 11.6 Å². The van der Waals surface area contributed by atoms with Crippen LogP contribution in [-0.2, 0) is 11.3 Å². The van der Waals surface area contributed by atoms with Gasteiger partial charge in [-0.15, -0.1) is 5.10 Å². The van der Waals surface area contributed by atoms with Crippen LogP contribution in [0.25, 0.3) is 5.65 Å². The Morgan fingerprint density at radius 2 is 1.83 bits per heavy atom. The molecule has 0 saturated heterocycles. The Balaban J connectivity index is 1.85. The molecule has 0 fully saturated rings. The van der Waals surface area contributed by atoms with E-state index in [0.29, 0.717) is 12.0 Å². The summed E-state index contributed by atoms with van der Waals surface area (Å²) in [5.41, 5.74) is 0.189. The highest BCUT2D eigenvalue weighted by Gasteiger charge is 2.34. The summed E-state index contributed by atoms with van der Waals surface area (Å²) in [4.78, 5) is 46.9. The lowest BCUT2D eigenvalue weighted by Crippen LogP contribution is -2.44. The zero-order valence-electron chi connectivity index (χ0n) is 27.1. The molecule has 0 spiro atoms. The van der Waals surface area contributed by atoms with Gasteiger partial charge in [-0.05, 0) is 63.3 Å². The number of halogens is 2. The molecule has 0 aliphatic rings. The van der Waals surface area contributed by atoms with Crippen LogP contribution in [0, 0.1) is 18.7 Å². The molecule has 0 aliphatic carbocycles. The van der Waals surface area contributed by atoms with Gasteiger partial charge in [-0.2, -0.15) is 4.52 Å². The molecule has 2 aromatic heterocycles. The van der Waals surface area contributed by atoms with Gasteiger partial charge < -0.3 is 19.7 Å². The molecule has 11 nitrogen and oxygen atoms in total. The van der Waals surface area contributed by atoms with Crippen molar-refractivity contribution in [1.82, 2.24) is 29.4 Å². The summed E-state index contributed by atoms with van der Waals surface area (Å²) in [5.74, 6) is -1.30. The number of carbonyl (C=O) groups excluding carboxylic acids is 2. The minimum absolute atomic E-state index is 0.0265. The molecule has 1 N–H and O–H groups in total. The Morgan fingerprint density at radius 1 is 1.13 bits per heavy atom. The smallest absolute Gasteiger partial charge is 0.407 e.